The van der Waals surface area contributed by atoms with E-state index in [1.165, 1.54) is 0 Å². The summed E-state index contributed by atoms with van der Waals surface area (Å²) in [5.74, 6) is 0.689. The van der Waals surface area contributed by atoms with E-state index in [0.717, 1.165) is 11.3 Å². The van der Waals surface area contributed by atoms with Crippen LogP contribution < -0.4 is 5.32 Å². The molecule has 0 saturated carbocycles. The standard InChI is InChI=1S/C13H17N3O/c1-9-14-11(12(17)15-13(2,3)4)10-7-5-6-8-16(9)10/h5-8H,1-4H3,(H,15,17). The lowest BCUT2D eigenvalue weighted by atomic mass is 10.1. The maximum atomic E-state index is 12.1. The summed E-state index contributed by atoms with van der Waals surface area (Å²) in [6, 6.07) is 5.73. The predicted octanol–water partition coefficient (Wildman–Crippen LogP) is 2.17. The van der Waals surface area contributed by atoms with Gasteiger partial charge in [0.05, 0.1) is 5.52 Å². The molecular formula is C13H17N3O. The van der Waals surface area contributed by atoms with Crippen LogP contribution >= 0.6 is 0 Å². The zero-order valence-corrected chi connectivity index (χ0v) is 10.6. The molecular weight excluding hydrogens is 214 g/mol. The van der Waals surface area contributed by atoms with Gasteiger partial charge in [0, 0.05) is 11.7 Å². The van der Waals surface area contributed by atoms with Crippen LogP contribution in [-0.2, 0) is 0 Å². The van der Waals surface area contributed by atoms with Crippen LogP contribution in [0, 0.1) is 6.92 Å². The summed E-state index contributed by atoms with van der Waals surface area (Å²) in [6.45, 7) is 7.75. The number of hydrogen-bond acceptors (Lipinski definition) is 2. The Morgan fingerprint density at radius 3 is 2.71 bits per heavy atom. The molecule has 0 aliphatic rings. The van der Waals surface area contributed by atoms with E-state index in [0.29, 0.717) is 5.69 Å². The number of hydrogen-bond donors (Lipinski definition) is 1. The van der Waals surface area contributed by atoms with Crippen molar-refractivity contribution in [2.45, 2.75) is 33.2 Å². The number of imidazole rings is 1. The first kappa shape index (κ1) is 11.6. The Hall–Kier alpha value is -1.84. The number of aromatic nitrogens is 2. The van der Waals surface area contributed by atoms with Gasteiger partial charge in [-0.05, 0) is 39.8 Å². The minimum Gasteiger partial charge on any atom is -0.346 e. The highest BCUT2D eigenvalue weighted by Crippen LogP contribution is 2.13. The number of carbonyl (C=O) groups excluding carboxylic acids is 1. The summed E-state index contributed by atoms with van der Waals surface area (Å²) in [5.41, 5.74) is 1.07. The second-order valence-corrected chi connectivity index (χ2v) is 5.17. The monoisotopic (exact) mass is 231 g/mol. The number of aryl methyl sites for hydroxylation is 1. The van der Waals surface area contributed by atoms with Crippen LogP contribution in [-0.4, -0.2) is 20.8 Å². The van der Waals surface area contributed by atoms with Gasteiger partial charge in [-0.15, -0.1) is 0 Å². The largest absolute Gasteiger partial charge is 0.346 e. The molecule has 2 rings (SSSR count). The first-order valence-electron chi connectivity index (χ1n) is 5.65. The van der Waals surface area contributed by atoms with E-state index in [2.05, 4.69) is 10.3 Å². The third-order valence-corrected chi connectivity index (χ3v) is 2.43. The molecule has 0 bridgehead atoms. The van der Waals surface area contributed by atoms with Gasteiger partial charge in [0.1, 0.15) is 5.82 Å². The minimum absolute atomic E-state index is 0.130. The topological polar surface area (TPSA) is 46.4 Å². The molecule has 1 amide bonds. The van der Waals surface area contributed by atoms with Crippen molar-refractivity contribution in [3.05, 3.63) is 35.9 Å². The molecule has 90 valence electrons. The molecule has 0 radical (unpaired) electrons. The van der Waals surface area contributed by atoms with Gasteiger partial charge in [0.2, 0.25) is 0 Å². The first-order chi connectivity index (χ1) is 7.88. The maximum absolute atomic E-state index is 12.1. The maximum Gasteiger partial charge on any atom is 0.272 e. The van der Waals surface area contributed by atoms with Crippen LogP contribution in [0.4, 0.5) is 0 Å². The van der Waals surface area contributed by atoms with Crippen molar-refractivity contribution < 1.29 is 4.79 Å². The van der Waals surface area contributed by atoms with Gasteiger partial charge in [-0.2, -0.15) is 0 Å². The SMILES string of the molecule is Cc1nc(C(=O)NC(C)(C)C)c2ccccn12. The van der Waals surface area contributed by atoms with E-state index in [1.54, 1.807) is 0 Å². The van der Waals surface area contributed by atoms with Crippen LogP contribution in [0.25, 0.3) is 5.52 Å². The molecule has 2 aromatic rings. The van der Waals surface area contributed by atoms with Crippen molar-refractivity contribution in [2.75, 3.05) is 0 Å². The summed E-state index contributed by atoms with van der Waals surface area (Å²) in [4.78, 5) is 16.4. The molecule has 0 atom stereocenters. The Labute approximate surface area is 101 Å². The third-order valence-electron chi connectivity index (χ3n) is 2.43. The third kappa shape index (κ3) is 2.30. The number of pyridine rings is 1. The molecule has 1 N–H and O–H groups in total. The van der Waals surface area contributed by atoms with Gasteiger partial charge < -0.3 is 9.72 Å². The average molecular weight is 231 g/mol. The number of nitrogens with one attached hydrogen (secondary N) is 1. The van der Waals surface area contributed by atoms with E-state index < -0.39 is 0 Å². The molecule has 0 aliphatic heterocycles. The normalized spacial score (nSPS) is 11.8. The molecule has 0 unspecified atom stereocenters. The molecule has 0 spiro atoms. The Morgan fingerprint density at radius 2 is 2.06 bits per heavy atom. The lowest BCUT2D eigenvalue weighted by Gasteiger charge is -2.19. The Morgan fingerprint density at radius 1 is 1.35 bits per heavy atom. The second-order valence-electron chi connectivity index (χ2n) is 5.17. The van der Waals surface area contributed by atoms with Gasteiger partial charge >= 0.3 is 0 Å². The molecule has 2 aromatic heterocycles. The summed E-state index contributed by atoms with van der Waals surface area (Å²) in [6.07, 6.45) is 1.91. The number of fused-ring (bicyclic) bond motifs is 1. The summed E-state index contributed by atoms with van der Waals surface area (Å²) >= 11 is 0. The molecule has 2 heterocycles. The summed E-state index contributed by atoms with van der Waals surface area (Å²) in [7, 11) is 0. The lowest BCUT2D eigenvalue weighted by Crippen LogP contribution is -2.40. The molecule has 4 nitrogen and oxygen atoms in total. The first-order valence-corrected chi connectivity index (χ1v) is 5.65. The van der Waals surface area contributed by atoms with Crippen LogP contribution in [0.15, 0.2) is 24.4 Å². The number of rotatable bonds is 1. The average Bonchev–Trinajstić information content (AvgIpc) is 2.55. The molecule has 17 heavy (non-hydrogen) atoms. The van der Waals surface area contributed by atoms with Gasteiger partial charge in [-0.3, -0.25) is 4.79 Å². The van der Waals surface area contributed by atoms with Crippen LogP contribution in [0.1, 0.15) is 37.1 Å². The lowest BCUT2D eigenvalue weighted by molar-refractivity contribution is 0.0916. The van der Waals surface area contributed by atoms with Crippen molar-refractivity contribution in [1.82, 2.24) is 14.7 Å². The van der Waals surface area contributed by atoms with E-state index in [-0.39, 0.29) is 11.4 Å². The molecule has 0 fully saturated rings. The molecule has 0 aliphatic carbocycles. The zero-order chi connectivity index (χ0) is 12.6. The fourth-order valence-electron chi connectivity index (χ4n) is 1.76. The Bertz CT molecular complexity index is 564. The van der Waals surface area contributed by atoms with Gasteiger partial charge in [-0.25, -0.2) is 4.98 Å². The highest BCUT2D eigenvalue weighted by atomic mass is 16.2. The van der Waals surface area contributed by atoms with Gasteiger partial charge in [0.15, 0.2) is 5.69 Å². The highest BCUT2D eigenvalue weighted by Gasteiger charge is 2.20. The van der Waals surface area contributed by atoms with Crippen molar-refractivity contribution in [1.29, 1.82) is 0 Å². The van der Waals surface area contributed by atoms with E-state index in [4.69, 9.17) is 0 Å². The van der Waals surface area contributed by atoms with Gasteiger partial charge in [0.25, 0.3) is 5.91 Å². The second kappa shape index (κ2) is 3.87. The molecule has 4 heteroatoms. The zero-order valence-electron chi connectivity index (χ0n) is 10.6. The van der Waals surface area contributed by atoms with Crippen LogP contribution in [0.2, 0.25) is 0 Å². The summed E-state index contributed by atoms with van der Waals surface area (Å²) in [5, 5.41) is 2.93. The number of amides is 1. The summed E-state index contributed by atoms with van der Waals surface area (Å²) < 4.78 is 1.91. The predicted molar refractivity (Wildman–Crippen MR) is 67.1 cm³/mol. The van der Waals surface area contributed by atoms with Crippen molar-refractivity contribution >= 4 is 11.4 Å². The Kier molecular flexibility index (Phi) is 2.65. The smallest absolute Gasteiger partial charge is 0.272 e. The van der Waals surface area contributed by atoms with Crippen molar-refractivity contribution in [3.63, 3.8) is 0 Å². The van der Waals surface area contributed by atoms with E-state index in [1.807, 2.05) is 56.5 Å². The van der Waals surface area contributed by atoms with Crippen molar-refractivity contribution in [3.8, 4) is 0 Å². The highest BCUT2D eigenvalue weighted by molar-refractivity contribution is 5.99. The fourth-order valence-corrected chi connectivity index (χ4v) is 1.76. The van der Waals surface area contributed by atoms with E-state index >= 15 is 0 Å². The van der Waals surface area contributed by atoms with Crippen LogP contribution in [0.5, 0.6) is 0 Å². The Balaban J connectivity index is 2.46. The van der Waals surface area contributed by atoms with Gasteiger partial charge in [-0.1, -0.05) is 6.07 Å². The molecule has 0 aromatic carbocycles. The van der Waals surface area contributed by atoms with Crippen molar-refractivity contribution in [2.24, 2.45) is 0 Å². The number of nitrogens with zero attached hydrogens (tertiary/aromatic N) is 2. The molecule has 0 saturated heterocycles. The number of carbonyl (C=O) groups is 1. The minimum atomic E-state index is -0.254. The van der Waals surface area contributed by atoms with E-state index in [9.17, 15) is 4.79 Å². The van der Waals surface area contributed by atoms with Crippen LogP contribution in [0.3, 0.4) is 0 Å². The quantitative estimate of drug-likeness (QED) is 0.817. The fraction of sp³-hybridized carbons (Fsp3) is 0.385.